The first-order valence-electron chi connectivity index (χ1n) is 9.15. The van der Waals surface area contributed by atoms with E-state index in [2.05, 4.69) is 27.8 Å². The summed E-state index contributed by atoms with van der Waals surface area (Å²) in [6.45, 7) is 2.73. The number of rotatable bonds is 8. The Morgan fingerprint density at radius 2 is 2.12 bits per heavy atom. The van der Waals surface area contributed by atoms with E-state index in [0.29, 0.717) is 29.4 Å². The molecule has 2 heterocycles. The van der Waals surface area contributed by atoms with Crippen molar-refractivity contribution in [1.82, 2.24) is 4.90 Å². The van der Waals surface area contributed by atoms with Gasteiger partial charge in [-0.2, -0.15) is 0 Å². The minimum atomic E-state index is -0.0341. The van der Waals surface area contributed by atoms with Crippen molar-refractivity contribution in [2.45, 2.75) is 45.1 Å². The number of carbonyl (C=O) groups excluding carboxylic acids is 1. The third-order valence-electron chi connectivity index (χ3n) is 4.77. The van der Waals surface area contributed by atoms with Crippen LogP contribution in [0.25, 0.3) is 0 Å². The summed E-state index contributed by atoms with van der Waals surface area (Å²) in [5.41, 5.74) is 2.47. The minimum Gasteiger partial charge on any atom is -0.493 e. The Balaban J connectivity index is 1.82. The van der Waals surface area contributed by atoms with Crippen molar-refractivity contribution in [2.75, 3.05) is 19.0 Å². The number of nitrogens with zero attached hydrogens (tertiary/aromatic N) is 2. The molecule has 1 aromatic carbocycles. The molecule has 0 N–H and O–H groups in total. The molecular formula is C20H25BrN2O3. The van der Waals surface area contributed by atoms with Gasteiger partial charge in [0, 0.05) is 23.8 Å². The zero-order valence-corrected chi connectivity index (χ0v) is 16.9. The second-order valence-electron chi connectivity index (χ2n) is 6.52. The number of hydrogen-bond donors (Lipinski definition) is 0. The zero-order valence-electron chi connectivity index (χ0n) is 15.3. The number of amides is 1. The van der Waals surface area contributed by atoms with E-state index in [1.807, 2.05) is 18.5 Å². The number of ether oxygens (including phenoxy) is 2. The predicted molar refractivity (Wildman–Crippen MR) is 107 cm³/mol. The third kappa shape index (κ3) is 3.95. The van der Waals surface area contributed by atoms with Crippen molar-refractivity contribution in [1.29, 1.82) is 0 Å². The molecule has 0 bridgehead atoms. The van der Waals surface area contributed by atoms with Gasteiger partial charge in [-0.25, -0.2) is 0 Å². The SMILES string of the molecule is CCC1=CN2C(=O)c3cc(OC)c(OCCCCCBr)cc3N=C[C@@H]2C1. The molecule has 0 saturated carbocycles. The second kappa shape index (κ2) is 8.71. The summed E-state index contributed by atoms with van der Waals surface area (Å²) in [7, 11) is 1.59. The maximum absolute atomic E-state index is 13.0. The fourth-order valence-electron chi connectivity index (χ4n) is 3.24. The lowest BCUT2D eigenvalue weighted by Gasteiger charge is -2.19. The Bertz CT molecular complexity index is 730. The quantitative estimate of drug-likeness (QED) is 0.445. The molecule has 3 rings (SSSR count). The largest absolute Gasteiger partial charge is 0.493 e. The molecule has 6 heteroatoms. The zero-order chi connectivity index (χ0) is 18.5. The molecule has 2 aliphatic rings. The maximum atomic E-state index is 13.0. The molecule has 0 fully saturated rings. The second-order valence-corrected chi connectivity index (χ2v) is 7.31. The number of halogens is 1. The van der Waals surface area contributed by atoms with E-state index in [1.54, 1.807) is 18.1 Å². The van der Waals surface area contributed by atoms with Crippen LogP contribution in [-0.2, 0) is 0 Å². The van der Waals surface area contributed by atoms with Crippen LogP contribution in [-0.4, -0.2) is 42.1 Å². The standard InChI is InChI=1S/C20H25BrN2O3/c1-3-14-9-15-12-22-17-11-19(26-8-6-4-5-7-21)18(25-2)10-16(17)20(24)23(15)13-14/h10-13,15H,3-9H2,1-2H3/t15-/m0/s1. The fraction of sp³-hybridized carbons (Fsp3) is 0.500. The highest BCUT2D eigenvalue weighted by molar-refractivity contribution is 9.09. The summed E-state index contributed by atoms with van der Waals surface area (Å²) >= 11 is 3.44. The van der Waals surface area contributed by atoms with Crippen molar-refractivity contribution < 1.29 is 14.3 Å². The number of carbonyl (C=O) groups is 1. The Labute approximate surface area is 163 Å². The molecule has 2 aliphatic heterocycles. The molecule has 0 radical (unpaired) electrons. The van der Waals surface area contributed by atoms with Gasteiger partial charge in [0.05, 0.1) is 31.0 Å². The monoisotopic (exact) mass is 420 g/mol. The smallest absolute Gasteiger partial charge is 0.260 e. The van der Waals surface area contributed by atoms with Gasteiger partial charge in [0.25, 0.3) is 5.91 Å². The van der Waals surface area contributed by atoms with Gasteiger partial charge in [0.15, 0.2) is 11.5 Å². The number of unbranched alkanes of at least 4 members (excludes halogenated alkanes) is 2. The third-order valence-corrected chi connectivity index (χ3v) is 5.33. The van der Waals surface area contributed by atoms with Crippen LogP contribution in [0.4, 0.5) is 5.69 Å². The number of methoxy groups -OCH3 is 1. The number of hydrogen-bond acceptors (Lipinski definition) is 4. The lowest BCUT2D eigenvalue weighted by Crippen LogP contribution is -2.32. The van der Waals surface area contributed by atoms with Crippen molar-refractivity contribution in [3.05, 3.63) is 29.5 Å². The Morgan fingerprint density at radius 3 is 2.85 bits per heavy atom. The van der Waals surface area contributed by atoms with Crippen molar-refractivity contribution >= 4 is 33.7 Å². The summed E-state index contributed by atoms with van der Waals surface area (Å²) in [5, 5.41) is 1.01. The molecular weight excluding hydrogens is 396 g/mol. The van der Waals surface area contributed by atoms with E-state index in [9.17, 15) is 4.79 Å². The number of fused-ring (bicyclic) bond motifs is 2. The first-order chi connectivity index (χ1) is 12.7. The van der Waals surface area contributed by atoms with Crippen LogP contribution < -0.4 is 9.47 Å². The Hall–Kier alpha value is -1.82. The molecule has 0 aromatic heterocycles. The molecule has 1 aromatic rings. The summed E-state index contributed by atoms with van der Waals surface area (Å²) in [4.78, 5) is 19.4. The maximum Gasteiger partial charge on any atom is 0.260 e. The lowest BCUT2D eigenvalue weighted by atomic mass is 10.1. The van der Waals surface area contributed by atoms with Gasteiger partial charge < -0.3 is 14.4 Å². The van der Waals surface area contributed by atoms with Crippen LogP contribution >= 0.6 is 15.9 Å². The molecule has 1 atom stereocenters. The van der Waals surface area contributed by atoms with E-state index in [4.69, 9.17) is 9.47 Å². The van der Waals surface area contributed by atoms with E-state index in [-0.39, 0.29) is 11.9 Å². The van der Waals surface area contributed by atoms with Gasteiger partial charge in [0.2, 0.25) is 0 Å². The molecule has 140 valence electrons. The van der Waals surface area contributed by atoms with E-state index in [0.717, 1.165) is 37.4 Å². The average molecular weight is 421 g/mol. The summed E-state index contributed by atoms with van der Waals surface area (Å²) in [5.74, 6) is 1.18. The van der Waals surface area contributed by atoms with Crippen LogP contribution in [0.3, 0.4) is 0 Å². The highest BCUT2D eigenvalue weighted by Gasteiger charge is 2.32. The van der Waals surface area contributed by atoms with Crippen LogP contribution in [0.2, 0.25) is 0 Å². The summed E-state index contributed by atoms with van der Waals surface area (Å²) in [6.07, 6.45) is 8.87. The van der Waals surface area contributed by atoms with Crippen LogP contribution in [0, 0.1) is 0 Å². The Morgan fingerprint density at radius 1 is 1.27 bits per heavy atom. The topological polar surface area (TPSA) is 51.1 Å². The van der Waals surface area contributed by atoms with Gasteiger partial charge in [-0.15, -0.1) is 0 Å². The molecule has 0 spiro atoms. The van der Waals surface area contributed by atoms with Crippen LogP contribution in [0.15, 0.2) is 28.9 Å². The van der Waals surface area contributed by atoms with Gasteiger partial charge in [-0.1, -0.05) is 28.4 Å². The molecule has 0 unspecified atom stereocenters. The Kier molecular flexibility index (Phi) is 6.35. The number of alkyl halides is 1. The average Bonchev–Trinajstić information content (AvgIpc) is 3.04. The summed E-state index contributed by atoms with van der Waals surface area (Å²) in [6, 6.07) is 3.58. The van der Waals surface area contributed by atoms with E-state index in [1.165, 1.54) is 5.57 Å². The van der Waals surface area contributed by atoms with Crippen molar-refractivity contribution in [2.24, 2.45) is 4.99 Å². The predicted octanol–water partition coefficient (Wildman–Crippen LogP) is 4.86. The van der Waals surface area contributed by atoms with Gasteiger partial charge in [-0.3, -0.25) is 9.79 Å². The molecule has 26 heavy (non-hydrogen) atoms. The van der Waals surface area contributed by atoms with E-state index >= 15 is 0 Å². The number of aliphatic imine (C=N–C) groups is 1. The van der Waals surface area contributed by atoms with Crippen LogP contribution in [0.5, 0.6) is 11.5 Å². The van der Waals surface area contributed by atoms with E-state index < -0.39 is 0 Å². The fourth-order valence-corrected chi connectivity index (χ4v) is 3.64. The minimum absolute atomic E-state index is 0.00413. The summed E-state index contributed by atoms with van der Waals surface area (Å²) < 4.78 is 11.4. The van der Waals surface area contributed by atoms with Gasteiger partial charge in [-0.05, 0) is 38.2 Å². The molecule has 1 amide bonds. The van der Waals surface area contributed by atoms with Crippen molar-refractivity contribution in [3.8, 4) is 11.5 Å². The lowest BCUT2D eigenvalue weighted by molar-refractivity contribution is 0.0817. The molecule has 0 saturated heterocycles. The highest BCUT2D eigenvalue weighted by atomic mass is 79.9. The first kappa shape index (κ1) is 19.0. The van der Waals surface area contributed by atoms with Gasteiger partial charge in [0.1, 0.15) is 0 Å². The van der Waals surface area contributed by atoms with Crippen molar-refractivity contribution in [3.63, 3.8) is 0 Å². The molecule has 0 aliphatic carbocycles. The molecule has 5 nitrogen and oxygen atoms in total. The first-order valence-corrected chi connectivity index (χ1v) is 10.3. The number of benzene rings is 1. The normalized spacial score (nSPS) is 18.3. The van der Waals surface area contributed by atoms with Crippen LogP contribution in [0.1, 0.15) is 49.4 Å². The highest BCUT2D eigenvalue weighted by Crippen LogP contribution is 2.38. The van der Waals surface area contributed by atoms with Gasteiger partial charge >= 0.3 is 0 Å².